The molecule has 0 saturated heterocycles. The van der Waals surface area contributed by atoms with Crippen molar-refractivity contribution in [2.75, 3.05) is 0 Å². The first-order chi connectivity index (χ1) is 10.2. The Hall–Kier alpha value is -2.39. The lowest BCUT2D eigenvalue weighted by Gasteiger charge is -1.95. The first-order valence-electron chi connectivity index (χ1n) is 6.55. The lowest BCUT2D eigenvalue weighted by molar-refractivity contribution is 0.558. The third kappa shape index (κ3) is 3.20. The van der Waals surface area contributed by atoms with Crippen molar-refractivity contribution in [1.29, 1.82) is 0 Å². The number of nitrogens with zero attached hydrogens (tertiary/aromatic N) is 2. The summed E-state index contributed by atoms with van der Waals surface area (Å²) in [5.41, 5.74) is 3.01. The van der Waals surface area contributed by atoms with Crippen molar-refractivity contribution in [1.82, 2.24) is 10.2 Å². The molecule has 0 N–H and O–H groups in total. The van der Waals surface area contributed by atoms with Gasteiger partial charge in [-0.1, -0.05) is 47.5 Å². The predicted molar refractivity (Wildman–Crippen MR) is 84.9 cm³/mol. The van der Waals surface area contributed by atoms with E-state index in [1.807, 2.05) is 61.5 Å². The summed E-state index contributed by atoms with van der Waals surface area (Å²) in [5.74, 6) is 0.958. The molecular formula is C17H13ClN2O. The third-order valence-corrected chi connectivity index (χ3v) is 3.39. The predicted octanol–water partition coefficient (Wildman–Crippen LogP) is 4.87. The molecule has 0 aliphatic heterocycles. The van der Waals surface area contributed by atoms with E-state index < -0.39 is 0 Å². The Morgan fingerprint density at radius 3 is 2.48 bits per heavy atom. The molecule has 0 atom stereocenters. The molecule has 3 aromatic rings. The average molecular weight is 297 g/mol. The molecule has 2 aromatic carbocycles. The van der Waals surface area contributed by atoms with E-state index in [-0.39, 0.29) is 0 Å². The maximum Gasteiger partial charge on any atom is 0.248 e. The summed E-state index contributed by atoms with van der Waals surface area (Å²) in [6.07, 6.45) is 3.61. The molecule has 1 aromatic heterocycles. The number of hydrogen-bond donors (Lipinski definition) is 0. The van der Waals surface area contributed by atoms with Crippen molar-refractivity contribution in [2.45, 2.75) is 6.92 Å². The van der Waals surface area contributed by atoms with Gasteiger partial charge in [-0.2, -0.15) is 0 Å². The van der Waals surface area contributed by atoms with E-state index in [1.165, 1.54) is 5.56 Å². The Morgan fingerprint density at radius 2 is 1.71 bits per heavy atom. The highest BCUT2D eigenvalue weighted by Crippen LogP contribution is 2.20. The van der Waals surface area contributed by atoms with Gasteiger partial charge >= 0.3 is 0 Å². The lowest BCUT2D eigenvalue weighted by Crippen LogP contribution is -1.77. The molecule has 0 amide bonds. The molecule has 0 aliphatic carbocycles. The Balaban J connectivity index is 1.82. The zero-order valence-corrected chi connectivity index (χ0v) is 12.2. The quantitative estimate of drug-likeness (QED) is 0.692. The van der Waals surface area contributed by atoms with Crippen molar-refractivity contribution in [3.8, 4) is 11.5 Å². The second-order valence-corrected chi connectivity index (χ2v) is 5.07. The average Bonchev–Trinajstić information content (AvgIpc) is 2.96. The van der Waals surface area contributed by atoms with Crippen LogP contribution in [0.5, 0.6) is 0 Å². The Kier molecular flexibility index (Phi) is 3.84. The Labute approximate surface area is 127 Å². The normalized spacial score (nSPS) is 11.1. The van der Waals surface area contributed by atoms with Gasteiger partial charge < -0.3 is 4.42 Å². The molecule has 3 rings (SSSR count). The number of halogens is 1. The molecular weight excluding hydrogens is 284 g/mol. The van der Waals surface area contributed by atoms with Gasteiger partial charge in [0.1, 0.15) is 0 Å². The highest BCUT2D eigenvalue weighted by molar-refractivity contribution is 6.32. The summed E-state index contributed by atoms with van der Waals surface area (Å²) in [5, 5.41) is 8.75. The highest BCUT2D eigenvalue weighted by atomic mass is 35.5. The van der Waals surface area contributed by atoms with Gasteiger partial charge in [0.2, 0.25) is 11.8 Å². The number of aromatic nitrogens is 2. The minimum atomic E-state index is 0.450. The topological polar surface area (TPSA) is 38.9 Å². The van der Waals surface area contributed by atoms with Crippen molar-refractivity contribution in [2.24, 2.45) is 0 Å². The smallest absolute Gasteiger partial charge is 0.248 e. The number of benzene rings is 2. The molecule has 104 valence electrons. The summed E-state index contributed by atoms with van der Waals surface area (Å²) < 4.78 is 5.62. The van der Waals surface area contributed by atoms with E-state index in [4.69, 9.17) is 16.0 Å². The molecule has 0 unspecified atom stereocenters. The monoisotopic (exact) mass is 296 g/mol. The van der Waals surface area contributed by atoms with Gasteiger partial charge in [0.05, 0.1) is 0 Å². The van der Waals surface area contributed by atoms with E-state index in [2.05, 4.69) is 10.2 Å². The van der Waals surface area contributed by atoms with Gasteiger partial charge in [-0.15, -0.1) is 10.2 Å². The summed E-state index contributed by atoms with van der Waals surface area (Å²) in [4.78, 5) is 0. The number of aryl methyl sites for hydroxylation is 1. The van der Waals surface area contributed by atoms with Gasteiger partial charge in [-0.05, 0) is 36.8 Å². The van der Waals surface area contributed by atoms with Crippen LogP contribution in [0.25, 0.3) is 23.6 Å². The fourth-order valence-electron chi connectivity index (χ4n) is 1.89. The van der Waals surface area contributed by atoms with Gasteiger partial charge in [-0.3, -0.25) is 0 Å². The van der Waals surface area contributed by atoms with Crippen LogP contribution in [0.15, 0.2) is 52.9 Å². The van der Waals surface area contributed by atoms with Crippen LogP contribution in [0.3, 0.4) is 0 Å². The summed E-state index contributed by atoms with van der Waals surface area (Å²) in [6, 6.07) is 15.5. The second-order valence-electron chi connectivity index (χ2n) is 4.67. The molecule has 0 bridgehead atoms. The van der Waals surface area contributed by atoms with E-state index >= 15 is 0 Å². The lowest BCUT2D eigenvalue weighted by atomic mass is 10.1. The highest BCUT2D eigenvalue weighted by Gasteiger charge is 2.06. The fraction of sp³-hybridized carbons (Fsp3) is 0.0588. The summed E-state index contributed by atoms with van der Waals surface area (Å²) in [6.45, 7) is 2.04. The number of rotatable bonds is 3. The molecule has 0 radical (unpaired) electrons. The standard InChI is InChI=1S/C17H13ClN2O/c1-12-6-8-14(9-7-12)17-20-19-16(21-17)11-10-13-4-2-3-5-15(13)18/h2-11H,1H3/b11-10+. The number of hydrogen-bond acceptors (Lipinski definition) is 3. The van der Waals surface area contributed by atoms with E-state index in [1.54, 1.807) is 6.08 Å². The van der Waals surface area contributed by atoms with Crippen LogP contribution >= 0.6 is 11.6 Å². The molecule has 0 fully saturated rings. The molecule has 0 saturated carbocycles. The van der Waals surface area contributed by atoms with Crippen LogP contribution in [0, 0.1) is 6.92 Å². The van der Waals surface area contributed by atoms with Gasteiger partial charge in [0.25, 0.3) is 0 Å². The van der Waals surface area contributed by atoms with Crippen LogP contribution in [0.1, 0.15) is 17.0 Å². The van der Waals surface area contributed by atoms with E-state index in [9.17, 15) is 0 Å². The second kappa shape index (κ2) is 5.94. The van der Waals surface area contributed by atoms with Crippen molar-refractivity contribution in [3.63, 3.8) is 0 Å². The molecule has 0 aliphatic rings. The summed E-state index contributed by atoms with van der Waals surface area (Å²) in [7, 11) is 0. The maximum absolute atomic E-state index is 6.09. The Morgan fingerprint density at radius 1 is 0.952 bits per heavy atom. The van der Waals surface area contributed by atoms with Crippen molar-refractivity contribution >= 4 is 23.8 Å². The van der Waals surface area contributed by atoms with Gasteiger partial charge in [0, 0.05) is 16.7 Å². The largest absolute Gasteiger partial charge is 0.417 e. The summed E-state index contributed by atoms with van der Waals surface area (Å²) >= 11 is 6.09. The van der Waals surface area contributed by atoms with Gasteiger partial charge in [-0.25, -0.2) is 0 Å². The van der Waals surface area contributed by atoms with Gasteiger partial charge in [0.15, 0.2) is 0 Å². The van der Waals surface area contributed by atoms with E-state index in [0.717, 1.165) is 11.1 Å². The zero-order chi connectivity index (χ0) is 14.7. The molecule has 21 heavy (non-hydrogen) atoms. The van der Waals surface area contributed by atoms with Crippen molar-refractivity contribution < 1.29 is 4.42 Å². The maximum atomic E-state index is 6.09. The van der Waals surface area contributed by atoms with Crippen LogP contribution in [-0.4, -0.2) is 10.2 Å². The van der Waals surface area contributed by atoms with Crippen LogP contribution < -0.4 is 0 Å². The van der Waals surface area contributed by atoms with E-state index in [0.29, 0.717) is 16.8 Å². The molecule has 4 heteroatoms. The SMILES string of the molecule is Cc1ccc(-c2nnc(/C=C/c3ccccc3Cl)o2)cc1. The molecule has 0 spiro atoms. The third-order valence-electron chi connectivity index (χ3n) is 3.05. The fourth-order valence-corrected chi connectivity index (χ4v) is 2.08. The molecule has 3 nitrogen and oxygen atoms in total. The van der Waals surface area contributed by atoms with Crippen LogP contribution in [-0.2, 0) is 0 Å². The minimum Gasteiger partial charge on any atom is -0.417 e. The molecule has 1 heterocycles. The van der Waals surface area contributed by atoms with Crippen LogP contribution in [0.2, 0.25) is 5.02 Å². The Bertz CT molecular complexity index is 775. The zero-order valence-electron chi connectivity index (χ0n) is 11.5. The first-order valence-corrected chi connectivity index (χ1v) is 6.93. The first kappa shape index (κ1) is 13.6. The minimum absolute atomic E-state index is 0.450. The van der Waals surface area contributed by atoms with Crippen LogP contribution in [0.4, 0.5) is 0 Å². The van der Waals surface area contributed by atoms with Crippen molar-refractivity contribution in [3.05, 3.63) is 70.6 Å².